The van der Waals surface area contributed by atoms with Crippen LogP contribution in [-0.4, -0.2) is 40.9 Å². The minimum absolute atomic E-state index is 0.396. The molecule has 2 aromatic rings. The maximum atomic E-state index is 4.72. The van der Waals surface area contributed by atoms with Gasteiger partial charge >= 0.3 is 0 Å². The Morgan fingerprint density at radius 1 is 1.30 bits per heavy atom. The SMILES string of the molecule is C[C@H]1CN(c2n[nH]c(C3Cc4ccccc43)n2)CCN1. The predicted octanol–water partition coefficient (Wildman–Crippen LogP) is 1.29. The summed E-state index contributed by atoms with van der Waals surface area (Å²) in [5.41, 5.74) is 2.83. The van der Waals surface area contributed by atoms with Gasteiger partial charge in [0, 0.05) is 31.6 Å². The van der Waals surface area contributed by atoms with Crippen molar-refractivity contribution >= 4 is 5.95 Å². The molecule has 0 bridgehead atoms. The molecule has 1 aliphatic heterocycles. The quantitative estimate of drug-likeness (QED) is 0.862. The first-order valence-electron chi connectivity index (χ1n) is 7.29. The van der Waals surface area contributed by atoms with Gasteiger partial charge in [-0.15, -0.1) is 5.10 Å². The van der Waals surface area contributed by atoms with E-state index in [0.717, 1.165) is 37.8 Å². The highest BCUT2D eigenvalue weighted by Gasteiger charge is 2.30. The van der Waals surface area contributed by atoms with E-state index in [1.807, 2.05) is 0 Å². The third kappa shape index (κ3) is 1.89. The van der Waals surface area contributed by atoms with Gasteiger partial charge in [-0.2, -0.15) is 4.98 Å². The van der Waals surface area contributed by atoms with Crippen LogP contribution in [0.15, 0.2) is 24.3 Å². The van der Waals surface area contributed by atoms with Crippen molar-refractivity contribution in [3.8, 4) is 0 Å². The lowest BCUT2D eigenvalue weighted by molar-refractivity contribution is 0.479. The molecule has 20 heavy (non-hydrogen) atoms. The van der Waals surface area contributed by atoms with Gasteiger partial charge < -0.3 is 10.2 Å². The first-order chi connectivity index (χ1) is 9.81. The van der Waals surface area contributed by atoms with Crippen molar-refractivity contribution in [2.75, 3.05) is 24.5 Å². The average Bonchev–Trinajstić information content (AvgIpc) is 2.90. The number of hydrogen-bond donors (Lipinski definition) is 2. The van der Waals surface area contributed by atoms with Crippen LogP contribution in [-0.2, 0) is 6.42 Å². The van der Waals surface area contributed by atoms with Crippen LogP contribution in [0.2, 0.25) is 0 Å². The predicted molar refractivity (Wildman–Crippen MR) is 78.0 cm³/mol. The Kier molecular flexibility index (Phi) is 2.73. The molecule has 1 aromatic heterocycles. The number of nitrogens with zero attached hydrogens (tertiary/aromatic N) is 3. The fourth-order valence-electron chi connectivity index (χ4n) is 3.18. The van der Waals surface area contributed by atoms with E-state index in [0.29, 0.717) is 12.0 Å². The highest BCUT2D eigenvalue weighted by molar-refractivity contribution is 5.45. The summed E-state index contributed by atoms with van der Waals surface area (Å²) in [5.74, 6) is 2.25. The third-order valence-corrected chi connectivity index (χ3v) is 4.33. The fourth-order valence-corrected chi connectivity index (χ4v) is 3.18. The van der Waals surface area contributed by atoms with Gasteiger partial charge in [-0.1, -0.05) is 24.3 Å². The number of aromatic amines is 1. The number of rotatable bonds is 2. The number of fused-ring (bicyclic) bond motifs is 1. The van der Waals surface area contributed by atoms with Crippen molar-refractivity contribution in [2.24, 2.45) is 0 Å². The van der Waals surface area contributed by atoms with Crippen molar-refractivity contribution in [3.05, 3.63) is 41.2 Å². The monoisotopic (exact) mass is 269 g/mol. The highest BCUT2D eigenvalue weighted by atomic mass is 15.4. The Morgan fingerprint density at radius 3 is 3.05 bits per heavy atom. The van der Waals surface area contributed by atoms with Crippen LogP contribution in [0.25, 0.3) is 0 Å². The van der Waals surface area contributed by atoms with Crippen molar-refractivity contribution in [1.29, 1.82) is 0 Å². The van der Waals surface area contributed by atoms with Gasteiger partial charge in [-0.3, -0.25) is 5.10 Å². The van der Waals surface area contributed by atoms with Crippen LogP contribution in [0.3, 0.4) is 0 Å². The summed E-state index contributed by atoms with van der Waals surface area (Å²) in [6, 6.07) is 9.08. The van der Waals surface area contributed by atoms with E-state index in [2.05, 4.69) is 51.6 Å². The van der Waals surface area contributed by atoms with Crippen LogP contribution in [0.5, 0.6) is 0 Å². The van der Waals surface area contributed by atoms with Crippen LogP contribution in [0, 0.1) is 0 Å². The van der Waals surface area contributed by atoms with E-state index >= 15 is 0 Å². The Hall–Kier alpha value is -1.88. The summed E-state index contributed by atoms with van der Waals surface area (Å²) in [6.45, 7) is 5.14. The summed E-state index contributed by atoms with van der Waals surface area (Å²) in [5, 5.41) is 11.0. The molecule has 1 aliphatic carbocycles. The van der Waals surface area contributed by atoms with Gasteiger partial charge in [0.15, 0.2) is 0 Å². The average molecular weight is 269 g/mol. The van der Waals surface area contributed by atoms with Gasteiger partial charge in [0.25, 0.3) is 0 Å². The number of hydrogen-bond acceptors (Lipinski definition) is 4. The first-order valence-corrected chi connectivity index (χ1v) is 7.29. The highest BCUT2D eigenvalue weighted by Crippen LogP contribution is 2.38. The lowest BCUT2D eigenvalue weighted by Crippen LogP contribution is -2.49. The van der Waals surface area contributed by atoms with E-state index < -0.39 is 0 Å². The second kappa shape index (κ2) is 4.59. The third-order valence-electron chi connectivity index (χ3n) is 4.33. The maximum absolute atomic E-state index is 4.72. The van der Waals surface area contributed by atoms with E-state index in [1.54, 1.807) is 0 Å². The normalized spacial score (nSPS) is 25.1. The zero-order chi connectivity index (χ0) is 13.5. The topological polar surface area (TPSA) is 56.8 Å². The number of H-pyrrole nitrogens is 1. The molecule has 2 aliphatic rings. The van der Waals surface area contributed by atoms with Crippen LogP contribution in [0.4, 0.5) is 5.95 Å². The second-order valence-electron chi connectivity index (χ2n) is 5.78. The van der Waals surface area contributed by atoms with Crippen LogP contribution >= 0.6 is 0 Å². The second-order valence-corrected chi connectivity index (χ2v) is 5.78. The Bertz CT molecular complexity index is 620. The Balaban J connectivity index is 1.55. The molecule has 4 rings (SSSR count). The van der Waals surface area contributed by atoms with Gasteiger partial charge in [-0.25, -0.2) is 0 Å². The molecule has 2 heterocycles. The van der Waals surface area contributed by atoms with Gasteiger partial charge in [0.05, 0.1) is 0 Å². The molecular weight excluding hydrogens is 250 g/mol. The van der Waals surface area contributed by atoms with Crippen molar-refractivity contribution in [3.63, 3.8) is 0 Å². The number of aromatic nitrogens is 3. The van der Waals surface area contributed by atoms with Crippen LogP contribution < -0.4 is 10.2 Å². The Morgan fingerprint density at radius 2 is 2.20 bits per heavy atom. The van der Waals surface area contributed by atoms with Crippen LogP contribution in [0.1, 0.15) is 29.8 Å². The minimum Gasteiger partial charge on any atom is -0.337 e. The molecule has 0 amide bonds. The maximum Gasteiger partial charge on any atom is 0.244 e. The summed E-state index contributed by atoms with van der Waals surface area (Å²) < 4.78 is 0. The van der Waals surface area contributed by atoms with Crippen molar-refractivity contribution in [1.82, 2.24) is 20.5 Å². The lowest BCUT2D eigenvalue weighted by Gasteiger charge is -2.31. The molecular formula is C15H19N5. The van der Waals surface area contributed by atoms with Crippen molar-refractivity contribution < 1.29 is 0 Å². The van der Waals surface area contributed by atoms with E-state index in [9.17, 15) is 0 Å². The molecule has 5 nitrogen and oxygen atoms in total. The fraction of sp³-hybridized carbons (Fsp3) is 0.467. The minimum atomic E-state index is 0.396. The number of anilines is 1. The molecule has 5 heteroatoms. The smallest absolute Gasteiger partial charge is 0.244 e. The number of benzene rings is 1. The molecule has 1 unspecified atom stereocenters. The van der Waals surface area contributed by atoms with E-state index in [-0.39, 0.29) is 0 Å². The molecule has 0 spiro atoms. The van der Waals surface area contributed by atoms with Crippen molar-refractivity contribution in [2.45, 2.75) is 25.3 Å². The van der Waals surface area contributed by atoms with E-state index in [1.165, 1.54) is 11.1 Å². The molecule has 2 N–H and O–H groups in total. The number of piperazine rings is 1. The zero-order valence-electron chi connectivity index (χ0n) is 11.6. The molecule has 0 radical (unpaired) electrons. The summed E-state index contributed by atoms with van der Waals surface area (Å²) >= 11 is 0. The van der Waals surface area contributed by atoms with E-state index in [4.69, 9.17) is 4.98 Å². The lowest BCUT2D eigenvalue weighted by atomic mass is 9.77. The first kappa shape index (κ1) is 11.9. The standard InChI is InChI=1S/C15H19N5/c1-10-9-20(7-6-16-10)15-17-14(18-19-15)13-8-11-4-2-3-5-12(11)13/h2-5,10,13,16H,6-9H2,1H3,(H,17,18,19)/t10-,13?/m0/s1. The largest absolute Gasteiger partial charge is 0.337 e. The van der Waals surface area contributed by atoms with Gasteiger partial charge in [-0.05, 0) is 24.5 Å². The molecule has 1 aromatic carbocycles. The Labute approximate surface area is 118 Å². The zero-order valence-corrected chi connectivity index (χ0v) is 11.6. The molecule has 1 saturated heterocycles. The van der Waals surface area contributed by atoms with Gasteiger partial charge in [0.1, 0.15) is 5.82 Å². The number of nitrogens with one attached hydrogen (secondary N) is 2. The summed E-state index contributed by atoms with van der Waals surface area (Å²) in [6.07, 6.45) is 1.07. The molecule has 104 valence electrons. The molecule has 0 saturated carbocycles. The molecule has 2 atom stereocenters. The summed E-state index contributed by atoms with van der Waals surface area (Å²) in [4.78, 5) is 6.98. The summed E-state index contributed by atoms with van der Waals surface area (Å²) in [7, 11) is 0. The molecule has 1 fully saturated rings. The van der Waals surface area contributed by atoms with Gasteiger partial charge in [0.2, 0.25) is 5.95 Å².